The lowest BCUT2D eigenvalue weighted by Crippen LogP contribution is -2.32. The molecule has 1 heterocycles. The number of rotatable bonds is 2. The number of carbonyl (C=O) groups excluding carboxylic acids is 1. The maximum absolute atomic E-state index is 12.0. The third-order valence-corrected chi connectivity index (χ3v) is 5.44. The molecule has 0 bridgehead atoms. The molecule has 1 aliphatic rings. The monoisotopic (exact) mass is 410 g/mol. The molecule has 1 amide bonds. The zero-order chi connectivity index (χ0) is 14.4. The Morgan fingerprint density at radius 1 is 1.32 bits per heavy atom. The van der Waals surface area contributed by atoms with E-state index < -0.39 is 15.3 Å². The molecule has 104 valence electrons. The number of benzene rings is 1. The standard InChI is InChI=1S/C11H12Br2N2O3S/c1-6-2-8(12)11(9(13)3-6)15-5-7(4-10(15)16)19(14,17)18/h2-3,7H,4-5H2,1H3,(H2,14,17,18). The summed E-state index contributed by atoms with van der Waals surface area (Å²) in [6, 6.07) is 3.75. The molecule has 1 saturated heterocycles. The van der Waals surface area contributed by atoms with Crippen LogP contribution in [0.3, 0.4) is 0 Å². The van der Waals surface area contributed by atoms with Gasteiger partial charge >= 0.3 is 0 Å². The van der Waals surface area contributed by atoms with Crippen LogP contribution in [0.25, 0.3) is 0 Å². The predicted molar refractivity (Wildman–Crippen MR) is 80.4 cm³/mol. The molecule has 2 N–H and O–H groups in total. The van der Waals surface area contributed by atoms with Gasteiger partial charge in [0.15, 0.2) is 0 Å². The second-order valence-electron chi connectivity index (χ2n) is 4.50. The van der Waals surface area contributed by atoms with Crippen LogP contribution in [0.1, 0.15) is 12.0 Å². The number of nitrogens with zero attached hydrogens (tertiary/aromatic N) is 1. The van der Waals surface area contributed by atoms with Gasteiger partial charge in [-0.05, 0) is 56.5 Å². The Kier molecular flexibility index (Phi) is 4.06. The second-order valence-corrected chi connectivity index (χ2v) is 8.05. The maximum Gasteiger partial charge on any atom is 0.228 e. The Labute approximate surface area is 128 Å². The van der Waals surface area contributed by atoms with Gasteiger partial charge in [-0.2, -0.15) is 0 Å². The van der Waals surface area contributed by atoms with Crippen molar-refractivity contribution in [1.29, 1.82) is 0 Å². The minimum Gasteiger partial charge on any atom is -0.309 e. The van der Waals surface area contributed by atoms with Crippen LogP contribution >= 0.6 is 31.9 Å². The van der Waals surface area contributed by atoms with Crippen molar-refractivity contribution >= 4 is 53.5 Å². The molecule has 1 atom stereocenters. The first-order chi connectivity index (χ1) is 8.70. The van der Waals surface area contributed by atoms with Crippen molar-refractivity contribution in [3.05, 3.63) is 26.6 Å². The Balaban J connectivity index is 2.42. The lowest BCUT2D eigenvalue weighted by atomic mass is 10.2. The molecular formula is C11H12Br2N2O3S. The lowest BCUT2D eigenvalue weighted by molar-refractivity contribution is -0.117. The van der Waals surface area contributed by atoms with Gasteiger partial charge in [-0.1, -0.05) is 0 Å². The predicted octanol–water partition coefficient (Wildman–Crippen LogP) is 1.91. The first-order valence-corrected chi connectivity index (χ1v) is 8.67. The molecule has 1 aromatic carbocycles. The highest BCUT2D eigenvalue weighted by atomic mass is 79.9. The highest BCUT2D eigenvalue weighted by Gasteiger charge is 2.38. The van der Waals surface area contributed by atoms with Gasteiger partial charge < -0.3 is 4.90 Å². The number of hydrogen-bond donors (Lipinski definition) is 1. The minimum absolute atomic E-state index is 0.0778. The van der Waals surface area contributed by atoms with E-state index in [1.54, 1.807) is 0 Å². The van der Waals surface area contributed by atoms with Crippen LogP contribution in [0.2, 0.25) is 0 Å². The van der Waals surface area contributed by atoms with Crippen molar-refractivity contribution in [1.82, 2.24) is 0 Å². The number of aryl methyl sites for hydroxylation is 1. The minimum atomic E-state index is -3.70. The number of primary sulfonamides is 1. The van der Waals surface area contributed by atoms with Crippen LogP contribution in [0.4, 0.5) is 5.69 Å². The Hall–Kier alpha value is -0.440. The van der Waals surface area contributed by atoms with E-state index in [4.69, 9.17) is 5.14 Å². The summed E-state index contributed by atoms with van der Waals surface area (Å²) in [5.41, 5.74) is 1.67. The van der Waals surface area contributed by atoms with Gasteiger partial charge in [-0.3, -0.25) is 4.79 Å². The number of hydrogen-bond acceptors (Lipinski definition) is 3. The van der Waals surface area contributed by atoms with Gasteiger partial charge in [0.1, 0.15) is 5.25 Å². The molecule has 2 rings (SSSR count). The summed E-state index contributed by atoms with van der Waals surface area (Å²) in [5.74, 6) is -0.246. The van der Waals surface area contributed by atoms with Gasteiger partial charge in [-0.25, -0.2) is 13.6 Å². The number of amides is 1. The molecule has 5 nitrogen and oxygen atoms in total. The highest BCUT2D eigenvalue weighted by Crippen LogP contribution is 2.38. The molecule has 0 aromatic heterocycles. The van der Waals surface area contributed by atoms with Gasteiger partial charge in [0.25, 0.3) is 0 Å². The summed E-state index contributed by atoms with van der Waals surface area (Å²) >= 11 is 6.80. The largest absolute Gasteiger partial charge is 0.309 e. The molecular weight excluding hydrogens is 400 g/mol. The van der Waals surface area contributed by atoms with E-state index in [-0.39, 0.29) is 18.9 Å². The van der Waals surface area contributed by atoms with E-state index in [1.807, 2.05) is 19.1 Å². The van der Waals surface area contributed by atoms with E-state index in [1.165, 1.54) is 4.90 Å². The second kappa shape index (κ2) is 5.16. The average Bonchev–Trinajstić information content (AvgIpc) is 2.59. The zero-order valence-electron chi connectivity index (χ0n) is 10.1. The van der Waals surface area contributed by atoms with Crippen LogP contribution < -0.4 is 10.0 Å². The fourth-order valence-electron chi connectivity index (χ4n) is 2.06. The highest BCUT2D eigenvalue weighted by molar-refractivity contribution is 9.11. The summed E-state index contributed by atoms with van der Waals surface area (Å²) in [4.78, 5) is 13.4. The SMILES string of the molecule is Cc1cc(Br)c(N2CC(S(N)(=O)=O)CC2=O)c(Br)c1. The Bertz CT molecular complexity index is 622. The Morgan fingerprint density at radius 3 is 2.26 bits per heavy atom. The molecule has 0 saturated carbocycles. The average molecular weight is 412 g/mol. The molecule has 0 aliphatic carbocycles. The molecule has 19 heavy (non-hydrogen) atoms. The third-order valence-electron chi connectivity index (χ3n) is 2.99. The fourth-order valence-corrected chi connectivity index (χ4v) is 4.64. The van der Waals surface area contributed by atoms with Crippen molar-refractivity contribution in [3.8, 4) is 0 Å². The van der Waals surface area contributed by atoms with Crippen molar-refractivity contribution in [3.63, 3.8) is 0 Å². The first-order valence-electron chi connectivity index (χ1n) is 5.48. The quantitative estimate of drug-likeness (QED) is 0.806. The van der Waals surface area contributed by atoms with Crippen molar-refractivity contribution in [2.45, 2.75) is 18.6 Å². The normalized spacial score (nSPS) is 20.1. The number of anilines is 1. The lowest BCUT2D eigenvalue weighted by Gasteiger charge is -2.20. The summed E-state index contributed by atoms with van der Waals surface area (Å²) in [7, 11) is -3.70. The summed E-state index contributed by atoms with van der Waals surface area (Å²) in [5, 5.41) is 4.27. The van der Waals surface area contributed by atoms with E-state index in [0.717, 1.165) is 14.5 Å². The van der Waals surface area contributed by atoms with E-state index in [2.05, 4.69) is 31.9 Å². The van der Waals surface area contributed by atoms with Crippen LogP contribution in [-0.4, -0.2) is 26.1 Å². The molecule has 1 aliphatic heterocycles. The van der Waals surface area contributed by atoms with Crippen molar-refractivity contribution < 1.29 is 13.2 Å². The summed E-state index contributed by atoms with van der Waals surface area (Å²) in [6.07, 6.45) is -0.0778. The molecule has 1 aromatic rings. The van der Waals surface area contributed by atoms with Gasteiger partial charge in [0.2, 0.25) is 15.9 Å². The van der Waals surface area contributed by atoms with Crippen LogP contribution in [0.15, 0.2) is 21.1 Å². The van der Waals surface area contributed by atoms with E-state index in [9.17, 15) is 13.2 Å². The van der Waals surface area contributed by atoms with Crippen LogP contribution in [0, 0.1) is 6.92 Å². The molecule has 0 spiro atoms. The molecule has 0 radical (unpaired) electrons. The van der Waals surface area contributed by atoms with Crippen LogP contribution in [-0.2, 0) is 14.8 Å². The van der Waals surface area contributed by atoms with Gasteiger partial charge in [0, 0.05) is 21.9 Å². The zero-order valence-corrected chi connectivity index (χ0v) is 14.0. The number of nitrogens with two attached hydrogens (primary N) is 1. The number of carbonyl (C=O) groups is 1. The van der Waals surface area contributed by atoms with Crippen LogP contribution in [0.5, 0.6) is 0 Å². The van der Waals surface area contributed by atoms with E-state index >= 15 is 0 Å². The Morgan fingerprint density at radius 2 is 1.84 bits per heavy atom. The molecule has 1 fully saturated rings. The maximum atomic E-state index is 12.0. The third kappa shape index (κ3) is 3.01. The topological polar surface area (TPSA) is 80.5 Å². The fraction of sp³-hybridized carbons (Fsp3) is 0.364. The number of halogens is 2. The smallest absolute Gasteiger partial charge is 0.228 e. The number of sulfonamides is 1. The van der Waals surface area contributed by atoms with Crippen molar-refractivity contribution in [2.24, 2.45) is 5.14 Å². The van der Waals surface area contributed by atoms with E-state index in [0.29, 0.717) is 5.69 Å². The van der Waals surface area contributed by atoms with Gasteiger partial charge in [-0.15, -0.1) is 0 Å². The first kappa shape index (κ1) is 15.0. The van der Waals surface area contributed by atoms with Gasteiger partial charge in [0.05, 0.1) is 5.69 Å². The molecule has 8 heteroatoms. The summed E-state index contributed by atoms with van der Waals surface area (Å²) < 4.78 is 24.2. The molecule has 1 unspecified atom stereocenters. The summed E-state index contributed by atoms with van der Waals surface area (Å²) in [6.45, 7) is 2.01. The van der Waals surface area contributed by atoms with Crippen molar-refractivity contribution in [2.75, 3.05) is 11.4 Å².